The number of hydrogen-bond acceptors (Lipinski definition) is 6. The van der Waals surface area contributed by atoms with Gasteiger partial charge in [0.2, 0.25) is 11.5 Å². The fourth-order valence-corrected chi connectivity index (χ4v) is 6.26. The van der Waals surface area contributed by atoms with E-state index in [0.29, 0.717) is 58.9 Å². The Balaban J connectivity index is 1.73. The summed E-state index contributed by atoms with van der Waals surface area (Å²) in [5.74, 6) is 2.60. The van der Waals surface area contributed by atoms with Crippen molar-refractivity contribution in [2.45, 2.75) is 53.4 Å². The standard InChI is InChI=1S/C26H34O6/c1-15-11-12-25(3)16(2)18(27)8-9-20(25)26(15,4)14-31-23-19(29-5)13-17-7-10-21(28)32-22(17)24(23)30-6/h7,10,13,15-16,20H,8-9,11-12,14H2,1-6H3. The van der Waals surface area contributed by atoms with E-state index in [4.69, 9.17) is 18.6 Å². The Morgan fingerprint density at radius 1 is 1.06 bits per heavy atom. The van der Waals surface area contributed by atoms with Gasteiger partial charge in [0.25, 0.3) is 0 Å². The summed E-state index contributed by atoms with van der Waals surface area (Å²) in [5.41, 5.74) is -0.245. The highest BCUT2D eigenvalue weighted by atomic mass is 16.5. The number of hydrogen-bond donors (Lipinski definition) is 0. The minimum atomic E-state index is -0.448. The molecule has 0 radical (unpaired) electrons. The van der Waals surface area contributed by atoms with Crippen LogP contribution in [0.25, 0.3) is 11.0 Å². The second kappa shape index (κ2) is 8.13. The van der Waals surface area contributed by atoms with Gasteiger partial charge in [0.15, 0.2) is 11.3 Å². The topological polar surface area (TPSA) is 75.0 Å². The summed E-state index contributed by atoms with van der Waals surface area (Å²) in [6.45, 7) is 9.43. The maximum Gasteiger partial charge on any atom is 0.336 e. The molecule has 0 aliphatic heterocycles. The molecule has 2 aliphatic rings. The minimum absolute atomic E-state index is 0.0235. The molecular formula is C26H34O6. The highest BCUT2D eigenvalue weighted by molar-refractivity contribution is 5.88. The molecule has 5 atom stereocenters. The molecule has 2 aromatic rings. The Bertz CT molecular complexity index is 1090. The minimum Gasteiger partial charge on any atom is -0.493 e. The van der Waals surface area contributed by atoms with Crippen LogP contribution in [0, 0.1) is 28.6 Å². The zero-order valence-electron chi connectivity index (χ0n) is 19.9. The second-order valence-electron chi connectivity index (χ2n) is 10.1. The SMILES string of the molecule is COc1cc2ccc(=O)oc2c(OC)c1OCC1(C)C(C)CCC2(C)C(C)C(=O)CCC12. The van der Waals surface area contributed by atoms with Crippen LogP contribution in [0.4, 0.5) is 0 Å². The molecule has 0 bridgehead atoms. The van der Waals surface area contributed by atoms with Crippen LogP contribution >= 0.6 is 0 Å². The van der Waals surface area contributed by atoms with Crippen LogP contribution < -0.4 is 19.8 Å². The third kappa shape index (κ3) is 3.39. The zero-order chi connectivity index (χ0) is 23.3. The van der Waals surface area contributed by atoms with Crippen LogP contribution in [0.1, 0.15) is 53.4 Å². The fraction of sp³-hybridized carbons (Fsp3) is 0.615. The molecule has 1 heterocycles. The molecule has 2 fully saturated rings. The smallest absolute Gasteiger partial charge is 0.336 e. The average Bonchev–Trinajstić information content (AvgIpc) is 2.78. The number of carbonyl (C=O) groups is 1. The lowest BCUT2D eigenvalue weighted by molar-refractivity contribution is -0.151. The van der Waals surface area contributed by atoms with Crippen molar-refractivity contribution in [2.24, 2.45) is 28.6 Å². The largest absolute Gasteiger partial charge is 0.493 e. The summed E-state index contributed by atoms with van der Waals surface area (Å²) in [7, 11) is 3.12. The van der Waals surface area contributed by atoms with E-state index in [2.05, 4.69) is 27.7 Å². The van der Waals surface area contributed by atoms with Gasteiger partial charge in [0.05, 0.1) is 20.8 Å². The molecule has 4 rings (SSSR count). The third-order valence-corrected chi connectivity index (χ3v) is 8.72. The van der Waals surface area contributed by atoms with E-state index < -0.39 is 5.63 Å². The van der Waals surface area contributed by atoms with Crippen molar-refractivity contribution >= 4 is 16.8 Å². The average molecular weight is 443 g/mol. The molecule has 1 aromatic heterocycles. The van der Waals surface area contributed by atoms with E-state index in [9.17, 15) is 9.59 Å². The first-order chi connectivity index (χ1) is 15.2. The van der Waals surface area contributed by atoms with Crippen molar-refractivity contribution < 1.29 is 23.4 Å². The van der Waals surface area contributed by atoms with Gasteiger partial charge < -0.3 is 18.6 Å². The number of benzene rings is 1. The predicted molar refractivity (Wildman–Crippen MR) is 123 cm³/mol. The fourth-order valence-electron chi connectivity index (χ4n) is 6.26. The molecule has 0 amide bonds. The number of ether oxygens (including phenoxy) is 3. The van der Waals surface area contributed by atoms with Crippen LogP contribution in [0.15, 0.2) is 27.4 Å². The van der Waals surface area contributed by atoms with E-state index in [1.807, 2.05) is 0 Å². The van der Waals surface area contributed by atoms with Crippen molar-refractivity contribution in [3.8, 4) is 17.2 Å². The predicted octanol–water partition coefficient (Wildman–Crippen LogP) is 5.25. The van der Waals surface area contributed by atoms with Crippen molar-refractivity contribution in [2.75, 3.05) is 20.8 Å². The van der Waals surface area contributed by atoms with Crippen molar-refractivity contribution in [3.05, 3.63) is 28.6 Å². The summed E-state index contributed by atoms with van der Waals surface area (Å²) in [6.07, 6.45) is 3.66. The normalized spacial score (nSPS) is 32.4. The van der Waals surface area contributed by atoms with E-state index in [1.54, 1.807) is 19.2 Å². The molecule has 0 saturated heterocycles. The Kier molecular flexibility index (Phi) is 5.76. The lowest BCUT2D eigenvalue weighted by Crippen LogP contribution is -2.56. The summed E-state index contributed by atoms with van der Waals surface area (Å²) >= 11 is 0. The number of ketones is 1. The molecule has 2 saturated carbocycles. The zero-order valence-corrected chi connectivity index (χ0v) is 19.9. The van der Waals surface area contributed by atoms with Crippen LogP contribution in [0.5, 0.6) is 17.2 Å². The molecule has 1 aromatic carbocycles. The number of rotatable bonds is 5. The summed E-state index contributed by atoms with van der Waals surface area (Å²) in [6, 6.07) is 4.86. The molecule has 6 heteroatoms. The van der Waals surface area contributed by atoms with E-state index in [-0.39, 0.29) is 16.7 Å². The lowest BCUT2D eigenvalue weighted by atomic mass is 9.45. The van der Waals surface area contributed by atoms with Gasteiger partial charge in [-0.05, 0) is 48.6 Å². The second-order valence-corrected chi connectivity index (χ2v) is 10.1. The highest BCUT2D eigenvalue weighted by Gasteiger charge is 2.57. The van der Waals surface area contributed by atoms with Gasteiger partial charge in [-0.1, -0.05) is 27.7 Å². The maximum absolute atomic E-state index is 12.5. The summed E-state index contributed by atoms with van der Waals surface area (Å²) in [4.78, 5) is 24.4. The summed E-state index contributed by atoms with van der Waals surface area (Å²) in [5, 5.41) is 0.704. The van der Waals surface area contributed by atoms with Crippen molar-refractivity contribution in [1.82, 2.24) is 0 Å². The summed E-state index contributed by atoms with van der Waals surface area (Å²) < 4.78 is 23.2. The molecular weight excluding hydrogens is 408 g/mol. The Morgan fingerprint density at radius 3 is 2.50 bits per heavy atom. The first-order valence-corrected chi connectivity index (χ1v) is 11.5. The Labute approximate surface area is 189 Å². The van der Waals surface area contributed by atoms with Gasteiger partial charge in [0.1, 0.15) is 5.78 Å². The lowest BCUT2D eigenvalue weighted by Gasteiger charge is -2.59. The van der Waals surface area contributed by atoms with Gasteiger partial charge in [-0.15, -0.1) is 0 Å². The van der Waals surface area contributed by atoms with Crippen LogP contribution in [0.2, 0.25) is 0 Å². The maximum atomic E-state index is 12.5. The molecule has 174 valence electrons. The van der Waals surface area contributed by atoms with Gasteiger partial charge in [-0.25, -0.2) is 4.79 Å². The first-order valence-electron chi connectivity index (χ1n) is 11.5. The van der Waals surface area contributed by atoms with Crippen LogP contribution in [-0.4, -0.2) is 26.6 Å². The number of Topliss-reactive ketones (excluding diaryl/α,β-unsaturated/α-hetero) is 1. The number of carbonyl (C=O) groups excluding carboxylic acids is 1. The van der Waals surface area contributed by atoms with Gasteiger partial charge >= 0.3 is 5.63 Å². The number of methoxy groups -OCH3 is 2. The monoisotopic (exact) mass is 442 g/mol. The van der Waals surface area contributed by atoms with Gasteiger partial charge in [-0.3, -0.25) is 4.79 Å². The molecule has 2 aliphatic carbocycles. The Morgan fingerprint density at radius 2 is 1.81 bits per heavy atom. The van der Waals surface area contributed by atoms with E-state index >= 15 is 0 Å². The third-order valence-electron chi connectivity index (χ3n) is 8.72. The van der Waals surface area contributed by atoms with Gasteiger partial charge in [0, 0.05) is 29.2 Å². The van der Waals surface area contributed by atoms with Gasteiger partial charge in [-0.2, -0.15) is 0 Å². The Hall–Kier alpha value is -2.50. The van der Waals surface area contributed by atoms with Crippen molar-refractivity contribution in [1.29, 1.82) is 0 Å². The molecule has 6 nitrogen and oxygen atoms in total. The van der Waals surface area contributed by atoms with E-state index in [0.717, 1.165) is 19.3 Å². The van der Waals surface area contributed by atoms with Crippen LogP contribution in [0.3, 0.4) is 0 Å². The first kappa shape index (κ1) is 22.7. The van der Waals surface area contributed by atoms with Crippen LogP contribution in [-0.2, 0) is 4.79 Å². The quantitative estimate of drug-likeness (QED) is 0.589. The molecule has 0 N–H and O–H groups in total. The molecule has 5 unspecified atom stereocenters. The molecule has 32 heavy (non-hydrogen) atoms. The number of fused-ring (bicyclic) bond motifs is 2. The highest BCUT2D eigenvalue weighted by Crippen LogP contribution is 2.61. The van der Waals surface area contributed by atoms with E-state index in [1.165, 1.54) is 13.2 Å². The van der Waals surface area contributed by atoms with Crippen molar-refractivity contribution in [3.63, 3.8) is 0 Å². The molecule has 0 spiro atoms.